The number of benzene rings is 1. The molecule has 1 aliphatic rings. The second-order valence-corrected chi connectivity index (χ2v) is 9.31. The van der Waals surface area contributed by atoms with E-state index in [0.717, 1.165) is 25.9 Å². The van der Waals surface area contributed by atoms with Gasteiger partial charge in [0.1, 0.15) is 5.75 Å². The minimum Gasteiger partial charge on any atom is -0.355 e. The summed E-state index contributed by atoms with van der Waals surface area (Å²) in [6.07, 6.45) is 2.16. The lowest BCUT2D eigenvalue weighted by Crippen LogP contribution is -2.44. The Balaban J connectivity index is 1.81. The number of carbonyl (C=O) groups is 1. The fourth-order valence-electron chi connectivity index (χ4n) is 3.22. The lowest BCUT2D eigenvalue weighted by molar-refractivity contribution is -0.118. The Kier molecular flexibility index (Phi) is 7.18. The van der Waals surface area contributed by atoms with Crippen LogP contribution in [0.2, 0.25) is 0 Å². The van der Waals surface area contributed by atoms with Crippen LogP contribution in [-0.2, 0) is 20.4 Å². The second kappa shape index (κ2) is 9.15. The van der Waals surface area contributed by atoms with Gasteiger partial charge in [-0.1, -0.05) is 12.1 Å². The number of nitrogens with zero attached hydrogens (tertiary/aromatic N) is 2. The number of nitrogens with one attached hydrogen (secondary N) is 1. The summed E-state index contributed by atoms with van der Waals surface area (Å²) < 4.78 is 24.4. The zero-order valence-electron chi connectivity index (χ0n) is 15.4. The average molecular weight is 378 g/mol. The van der Waals surface area contributed by atoms with Crippen molar-refractivity contribution in [1.29, 1.82) is 5.26 Å². The van der Waals surface area contributed by atoms with Crippen LogP contribution in [0.3, 0.4) is 0 Å². The normalized spacial score (nSPS) is 18.5. The fraction of sp³-hybridized carbons (Fsp3) is 0.579. The van der Waals surface area contributed by atoms with E-state index >= 15 is 0 Å². The van der Waals surface area contributed by atoms with E-state index in [9.17, 15) is 13.2 Å². The number of carbonyl (C=O) groups excluding carboxylic acids is 1. The van der Waals surface area contributed by atoms with Crippen molar-refractivity contribution < 1.29 is 13.2 Å². The Hall–Kier alpha value is -1.91. The van der Waals surface area contributed by atoms with Gasteiger partial charge in [-0.25, -0.2) is 8.42 Å². The highest BCUT2D eigenvalue weighted by atomic mass is 32.2. The van der Waals surface area contributed by atoms with Crippen molar-refractivity contribution in [1.82, 2.24) is 10.2 Å². The number of nitriles is 1. The molecule has 1 fully saturated rings. The maximum atomic E-state index is 12.2. The number of rotatable bonds is 7. The average Bonchev–Trinajstić information content (AvgIpc) is 2.60. The minimum absolute atomic E-state index is 0.198. The molecule has 0 aliphatic carbocycles. The number of sulfone groups is 1. The molecule has 1 aliphatic heterocycles. The smallest absolute Gasteiger partial charge is 0.235 e. The number of likely N-dealkylation sites (tertiary alicyclic amines) is 1. The molecule has 142 valence electrons. The Morgan fingerprint density at radius 1 is 1.35 bits per heavy atom. The number of piperidine rings is 1. The van der Waals surface area contributed by atoms with E-state index in [-0.39, 0.29) is 5.75 Å². The minimum atomic E-state index is -3.54. The monoisotopic (exact) mass is 377 g/mol. The zero-order chi connectivity index (χ0) is 19.2. The Morgan fingerprint density at radius 2 is 2.04 bits per heavy atom. The van der Waals surface area contributed by atoms with Crippen molar-refractivity contribution in [3.63, 3.8) is 0 Å². The Bertz CT molecular complexity index is 751. The fourth-order valence-corrected chi connectivity index (χ4v) is 4.53. The van der Waals surface area contributed by atoms with Crippen molar-refractivity contribution in [2.45, 2.75) is 38.5 Å². The van der Waals surface area contributed by atoms with Gasteiger partial charge in [0.15, 0.2) is 9.84 Å². The molecule has 1 saturated heterocycles. The molecule has 1 amide bonds. The van der Waals surface area contributed by atoms with E-state index in [2.05, 4.69) is 24.1 Å². The van der Waals surface area contributed by atoms with Crippen LogP contribution in [-0.4, -0.2) is 50.7 Å². The number of hydrogen-bond acceptors (Lipinski definition) is 5. The molecule has 0 spiro atoms. The number of amides is 1. The van der Waals surface area contributed by atoms with E-state index in [1.165, 1.54) is 0 Å². The molecule has 0 aromatic heterocycles. The summed E-state index contributed by atoms with van der Waals surface area (Å²) in [5.74, 6) is -0.777. The van der Waals surface area contributed by atoms with E-state index in [1.54, 1.807) is 24.3 Å². The highest BCUT2D eigenvalue weighted by molar-refractivity contribution is 7.91. The summed E-state index contributed by atoms with van der Waals surface area (Å²) >= 11 is 0. The second-order valence-electron chi connectivity index (χ2n) is 7.24. The van der Waals surface area contributed by atoms with Crippen LogP contribution in [0, 0.1) is 17.2 Å². The predicted octanol–water partition coefficient (Wildman–Crippen LogP) is 1.71. The van der Waals surface area contributed by atoms with Gasteiger partial charge >= 0.3 is 0 Å². The van der Waals surface area contributed by atoms with Gasteiger partial charge < -0.3 is 10.2 Å². The summed E-state index contributed by atoms with van der Waals surface area (Å²) in [5, 5.41) is 11.6. The van der Waals surface area contributed by atoms with Crippen LogP contribution < -0.4 is 5.32 Å². The summed E-state index contributed by atoms with van der Waals surface area (Å²) in [4.78, 5) is 14.5. The lowest BCUT2D eigenvalue weighted by Gasteiger charge is -2.35. The van der Waals surface area contributed by atoms with Crippen LogP contribution in [0.1, 0.15) is 37.8 Å². The van der Waals surface area contributed by atoms with Crippen LogP contribution in [0.5, 0.6) is 0 Å². The molecule has 1 heterocycles. The SMILES string of the molecule is CC(C)N1CCCC(CNC(=O)CS(=O)(=O)Cc2ccc(C#N)cc2)C1. The summed E-state index contributed by atoms with van der Waals surface area (Å²) in [6.45, 7) is 6.87. The molecule has 1 aromatic carbocycles. The molecule has 1 aromatic rings. The molecular weight excluding hydrogens is 350 g/mol. The summed E-state index contributed by atoms with van der Waals surface area (Å²) in [5.41, 5.74) is 1.06. The van der Waals surface area contributed by atoms with Gasteiger partial charge in [-0.2, -0.15) is 5.26 Å². The first-order valence-corrected chi connectivity index (χ1v) is 10.8. The van der Waals surface area contributed by atoms with Gasteiger partial charge in [-0.05, 0) is 56.8 Å². The Morgan fingerprint density at radius 3 is 2.65 bits per heavy atom. The molecular formula is C19H27N3O3S. The standard InChI is InChI=1S/C19H27N3O3S/c1-15(2)22-9-3-4-18(12-22)11-21-19(23)14-26(24,25)13-17-7-5-16(10-20)6-8-17/h5-8,15,18H,3-4,9,11-14H2,1-2H3,(H,21,23). The van der Waals surface area contributed by atoms with Gasteiger partial charge in [0.2, 0.25) is 5.91 Å². The molecule has 1 atom stereocenters. The van der Waals surface area contributed by atoms with E-state index in [0.29, 0.717) is 29.6 Å². The third-order valence-corrected chi connectivity index (χ3v) is 6.16. The molecule has 1 unspecified atom stereocenters. The number of hydrogen-bond donors (Lipinski definition) is 1. The van der Waals surface area contributed by atoms with Crippen molar-refractivity contribution in [2.24, 2.45) is 5.92 Å². The van der Waals surface area contributed by atoms with E-state index in [1.807, 2.05) is 6.07 Å². The first-order valence-electron chi connectivity index (χ1n) is 8.99. The molecule has 2 rings (SSSR count). The quantitative estimate of drug-likeness (QED) is 0.781. The maximum absolute atomic E-state index is 12.2. The van der Waals surface area contributed by atoms with E-state index < -0.39 is 21.5 Å². The van der Waals surface area contributed by atoms with Crippen molar-refractivity contribution in [2.75, 3.05) is 25.4 Å². The van der Waals surface area contributed by atoms with E-state index in [4.69, 9.17) is 5.26 Å². The van der Waals surface area contributed by atoms with Crippen molar-refractivity contribution >= 4 is 15.7 Å². The largest absolute Gasteiger partial charge is 0.355 e. The molecule has 26 heavy (non-hydrogen) atoms. The highest BCUT2D eigenvalue weighted by Gasteiger charge is 2.23. The predicted molar refractivity (Wildman–Crippen MR) is 101 cm³/mol. The van der Waals surface area contributed by atoms with Crippen LogP contribution in [0.4, 0.5) is 0 Å². The topological polar surface area (TPSA) is 90.3 Å². The first-order chi connectivity index (χ1) is 12.3. The van der Waals surface area contributed by atoms with Crippen molar-refractivity contribution in [3.8, 4) is 6.07 Å². The summed E-state index contributed by atoms with van der Waals surface area (Å²) in [7, 11) is -3.54. The maximum Gasteiger partial charge on any atom is 0.235 e. The molecule has 7 heteroatoms. The van der Waals surface area contributed by atoms with Gasteiger partial charge in [-0.15, -0.1) is 0 Å². The Labute approximate surface area is 156 Å². The molecule has 0 saturated carbocycles. The van der Waals surface area contributed by atoms with Crippen LogP contribution >= 0.6 is 0 Å². The van der Waals surface area contributed by atoms with Crippen molar-refractivity contribution in [3.05, 3.63) is 35.4 Å². The summed E-state index contributed by atoms with van der Waals surface area (Å²) in [6, 6.07) is 8.85. The molecule has 6 nitrogen and oxygen atoms in total. The molecule has 1 N–H and O–H groups in total. The first kappa shape index (κ1) is 20.4. The lowest BCUT2D eigenvalue weighted by atomic mass is 9.97. The molecule has 0 bridgehead atoms. The zero-order valence-corrected chi connectivity index (χ0v) is 16.3. The van der Waals surface area contributed by atoms with Gasteiger partial charge in [0.25, 0.3) is 0 Å². The third kappa shape index (κ3) is 6.43. The highest BCUT2D eigenvalue weighted by Crippen LogP contribution is 2.17. The van der Waals surface area contributed by atoms with Gasteiger partial charge in [0, 0.05) is 19.1 Å². The van der Waals surface area contributed by atoms with Crippen LogP contribution in [0.25, 0.3) is 0 Å². The van der Waals surface area contributed by atoms with Gasteiger partial charge in [0.05, 0.1) is 17.4 Å². The third-order valence-electron chi connectivity index (χ3n) is 4.69. The van der Waals surface area contributed by atoms with Gasteiger partial charge in [-0.3, -0.25) is 4.79 Å². The molecule has 0 radical (unpaired) electrons. The van der Waals surface area contributed by atoms with Crippen LogP contribution in [0.15, 0.2) is 24.3 Å².